The number of hydrogen-bond acceptors (Lipinski definition) is 4. The molecule has 0 heterocycles. The van der Waals surface area contributed by atoms with Gasteiger partial charge in [-0.1, -0.05) is 17.7 Å². The summed E-state index contributed by atoms with van der Waals surface area (Å²) in [4.78, 5) is 22.4. The monoisotopic (exact) mass is 295 g/mol. The van der Waals surface area contributed by atoms with E-state index < -0.39 is 30.0 Å². The normalized spacial score (nSPS) is 14.9. The third-order valence-electron chi connectivity index (χ3n) is 2.88. The highest BCUT2D eigenvalue weighted by molar-refractivity contribution is 5.80. The highest BCUT2D eigenvalue weighted by atomic mass is 16.5. The van der Waals surface area contributed by atoms with Gasteiger partial charge in [-0.05, 0) is 32.9 Å². The van der Waals surface area contributed by atoms with Gasteiger partial charge in [-0.3, -0.25) is 9.59 Å². The minimum Gasteiger partial charge on any atom is -0.481 e. The highest BCUT2D eigenvalue weighted by Crippen LogP contribution is 2.13. The Bertz CT molecular complexity index is 495. The van der Waals surface area contributed by atoms with Crippen LogP contribution < -0.4 is 10.1 Å². The lowest BCUT2D eigenvalue weighted by molar-refractivity contribution is -0.142. The van der Waals surface area contributed by atoms with E-state index in [9.17, 15) is 14.7 Å². The maximum absolute atomic E-state index is 11.9. The summed E-state index contributed by atoms with van der Waals surface area (Å²) in [5.74, 6) is -0.972. The fourth-order valence-electron chi connectivity index (χ4n) is 1.68. The van der Waals surface area contributed by atoms with Crippen LogP contribution in [0.5, 0.6) is 5.75 Å². The van der Waals surface area contributed by atoms with E-state index in [0.717, 1.165) is 5.56 Å². The molecule has 0 fully saturated rings. The molecular weight excluding hydrogens is 274 g/mol. The fourth-order valence-corrected chi connectivity index (χ4v) is 1.68. The molecule has 2 atom stereocenters. The van der Waals surface area contributed by atoms with E-state index in [1.807, 2.05) is 19.1 Å². The van der Waals surface area contributed by atoms with E-state index in [0.29, 0.717) is 5.75 Å². The lowest BCUT2D eigenvalue weighted by Crippen LogP contribution is -2.46. The molecule has 1 aromatic carbocycles. The molecule has 0 saturated carbocycles. The second-order valence-electron chi connectivity index (χ2n) is 5.36. The number of carbonyl (C=O) groups is 2. The maximum Gasteiger partial charge on any atom is 0.306 e. The number of ether oxygens (including phenoxy) is 1. The van der Waals surface area contributed by atoms with Crippen molar-refractivity contribution in [1.29, 1.82) is 0 Å². The van der Waals surface area contributed by atoms with Gasteiger partial charge in [-0.2, -0.15) is 0 Å². The van der Waals surface area contributed by atoms with Crippen LogP contribution in [-0.4, -0.2) is 40.3 Å². The van der Waals surface area contributed by atoms with Gasteiger partial charge in [0.25, 0.3) is 5.91 Å². The Balaban J connectivity index is 2.47. The first-order chi connectivity index (χ1) is 9.69. The van der Waals surface area contributed by atoms with E-state index >= 15 is 0 Å². The summed E-state index contributed by atoms with van der Waals surface area (Å²) in [5.41, 5.74) is -0.408. The second kappa shape index (κ2) is 7.08. The van der Waals surface area contributed by atoms with Crippen LogP contribution in [0.25, 0.3) is 0 Å². The van der Waals surface area contributed by atoms with Crippen LogP contribution in [0, 0.1) is 6.92 Å². The Morgan fingerprint density at radius 2 is 1.90 bits per heavy atom. The van der Waals surface area contributed by atoms with Gasteiger partial charge in [0.15, 0.2) is 6.10 Å². The number of carboxylic acids is 1. The Hall–Kier alpha value is -2.08. The van der Waals surface area contributed by atoms with Crippen molar-refractivity contribution in [2.75, 3.05) is 6.54 Å². The molecule has 0 aromatic heterocycles. The number of nitrogens with one attached hydrogen (secondary N) is 1. The quantitative estimate of drug-likeness (QED) is 0.700. The summed E-state index contributed by atoms with van der Waals surface area (Å²) in [7, 11) is 0. The number of hydrogen-bond donors (Lipinski definition) is 3. The second-order valence-corrected chi connectivity index (χ2v) is 5.36. The lowest BCUT2D eigenvalue weighted by Gasteiger charge is -2.23. The largest absolute Gasteiger partial charge is 0.481 e. The van der Waals surface area contributed by atoms with Crippen LogP contribution in [0.15, 0.2) is 24.3 Å². The van der Waals surface area contributed by atoms with Crippen LogP contribution in [0.4, 0.5) is 0 Å². The number of benzene rings is 1. The molecule has 0 aliphatic heterocycles. The van der Waals surface area contributed by atoms with Gasteiger partial charge in [0.2, 0.25) is 0 Å². The summed E-state index contributed by atoms with van der Waals surface area (Å²) in [5, 5.41) is 20.9. The molecule has 1 aromatic rings. The molecule has 0 saturated heterocycles. The van der Waals surface area contributed by atoms with E-state index in [1.54, 1.807) is 19.1 Å². The minimum absolute atomic E-state index is 0.153. The first-order valence-corrected chi connectivity index (χ1v) is 6.65. The molecule has 1 amide bonds. The SMILES string of the molecule is Cc1ccc(OC(C)C(=O)NCC(C)(O)CC(=O)O)cc1. The van der Waals surface area contributed by atoms with Crippen molar-refractivity contribution in [1.82, 2.24) is 5.32 Å². The number of rotatable bonds is 7. The molecule has 0 aliphatic rings. The zero-order valence-electron chi connectivity index (χ0n) is 12.4. The molecule has 21 heavy (non-hydrogen) atoms. The van der Waals surface area contributed by atoms with Crippen LogP contribution in [0.2, 0.25) is 0 Å². The predicted molar refractivity (Wildman–Crippen MR) is 77.2 cm³/mol. The average Bonchev–Trinajstić information content (AvgIpc) is 2.37. The number of amides is 1. The number of aliphatic hydroxyl groups is 1. The first kappa shape index (κ1) is 17.0. The van der Waals surface area contributed by atoms with Gasteiger partial charge in [0, 0.05) is 6.54 Å². The van der Waals surface area contributed by atoms with Crippen molar-refractivity contribution in [2.45, 2.75) is 38.9 Å². The summed E-state index contributed by atoms with van der Waals surface area (Å²) in [6.45, 7) is 4.73. The van der Waals surface area contributed by atoms with E-state index in [1.165, 1.54) is 6.92 Å². The third kappa shape index (κ3) is 6.27. The first-order valence-electron chi connectivity index (χ1n) is 6.65. The van der Waals surface area contributed by atoms with E-state index in [-0.39, 0.29) is 6.54 Å². The van der Waals surface area contributed by atoms with Crippen LogP contribution in [-0.2, 0) is 9.59 Å². The lowest BCUT2D eigenvalue weighted by atomic mass is 10.0. The summed E-state index contributed by atoms with van der Waals surface area (Å²) < 4.78 is 5.47. The molecule has 3 N–H and O–H groups in total. The summed E-state index contributed by atoms with van der Waals surface area (Å²) >= 11 is 0. The van der Waals surface area contributed by atoms with Crippen LogP contribution in [0.1, 0.15) is 25.8 Å². The average molecular weight is 295 g/mol. The van der Waals surface area contributed by atoms with Crippen molar-refractivity contribution >= 4 is 11.9 Å². The van der Waals surface area contributed by atoms with Gasteiger partial charge in [0.1, 0.15) is 5.75 Å². The maximum atomic E-state index is 11.9. The van der Waals surface area contributed by atoms with Gasteiger partial charge < -0.3 is 20.3 Å². The predicted octanol–water partition coefficient (Wildman–Crippen LogP) is 1.10. The number of aliphatic carboxylic acids is 1. The summed E-state index contributed by atoms with van der Waals surface area (Å²) in [6, 6.07) is 7.27. The molecule has 0 aliphatic carbocycles. The number of carbonyl (C=O) groups excluding carboxylic acids is 1. The molecular formula is C15H21NO5. The van der Waals surface area contributed by atoms with Crippen molar-refractivity contribution in [3.05, 3.63) is 29.8 Å². The topological polar surface area (TPSA) is 95.9 Å². The smallest absolute Gasteiger partial charge is 0.306 e. The molecule has 0 radical (unpaired) electrons. The van der Waals surface area contributed by atoms with Gasteiger partial charge in [-0.25, -0.2) is 0 Å². The highest BCUT2D eigenvalue weighted by Gasteiger charge is 2.26. The number of aryl methyl sites for hydroxylation is 1. The Labute approximate surface area is 123 Å². The van der Waals surface area contributed by atoms with Crippen molar-refractivity contribution in [3.8, 4) is 5.75 Å². The van der Waals surface area contributed by atoms with Crippen LogP contribution in [0.3, 0.4) is 0 Å². The van der Waals surface area contributed by atoms with Crippen molar-refractivity contribution in [3.63, 3.8) is 0 Å². The molecule has 2 unspecified atom stereocenters. The third-order valence-corrected chi connectivity index (χ3v) is 2.88. The fraction of sp³-hybridized carbons (Fsp3) is 0.467. The zero-order valence-corrected chi connectivity index (χ0v) is 12.4. The van der Waals surface area contributed by atoms with E-state index in [2.05, 4.69) is 5.32 Å². The Kier molecular flexibility index (Phi) is 5.72. The molecule has 116 valence electrons. The molecule has 6 heteroatoms. The Morgan fingerprint density at radius 1 is 1.33 bits per heavy atom. The van der Waals surface area contributed by atoms with Gasteiger partial charge >= 0.3 is 5.97 Å². The van der Waals surface area contributed by atoms with Crippen molar-refractivity contribution in [2.24, 2.45) is 0 Å². The van der Waals surface area contributed by atoms with E-state index in [4.69, 9.17) is 9.84 Å². The minimum atomic E-state index is -1.49. The molecule has 0 spiro atoms. The summed E-state index contributed by atoms with van der Waals surface area (Å²) in [6.07, 6.45) is -1.19. The molecule has 6 nitrogen and oxygen atoms in total. The molecule has 1 rings (SSSR count). The van der Waals surface area contributed by atoms with Gasteiger partial charge in [-0.15, -0.1) is 0 Å². The standard InChI is InChI=1S/C15H21NO5/c1-10-4-6-12(7-5-10)21-11(2)14(19)16-9-15(3,20)8-13(17)18/h4-7,11,20H,8-9H2,1-3H3,(H,16,19)(H,17,18). The molecule has 0 bridgehead atoms. The Morgan fingerprint density at radius 3 is 2.43 bits per heavy atom. The number of carboxylic acid groups (broad SMARTS) is 1. The van der Waals surface area contributed by atoms with Crippen LogP contribution >= 0.6 is 0 Å². The van der Waals surface area contributed by atoms with Crippen molar-refractivity contribution < 1.29 is 24.5 Å². The zero-order chi connectivity index (χ0) is 16.0. The van der Waals surface area contributed by atoms with Gasteiger partial charge in [0.05, 0.1) is 12.0 Å².